The molecule has 0 aliphatic carbocycles. The quantitative estimate of drug-likeness (QED) is 0.0863. The highest BCUT2D eigenvalue weighted by molar-refractivity contribution is 6.01. The van der Waals surface area contributed by atoms with Crippen molar-refractivity contribution >= 4 is 17.7 Å². The molecular weight excluding hydrogens is 695 g/mol. The average Bonchev–Trinajstić information content (AvgIpc) is 3.23. The number of ether oxygens (including phenoxy) is 4. The minimum atomic E-state index is -1.28. The van der Waals surface area contributed by atoms with E-state index < -0.39 is 23.8 Å². The van der Waals surface area contributed by atoms with E-state index in [2.05, 4.69) is 10.6 Å². The molecule has 0 unspecified atom stereocenters. The molecule has 0 aromatic heterocycles. The number of carbonyl (C=O) groups is 3. The first-order chi connectivity index (χ1) is 26.9. The van der Waals surface area contributed by atoms with E-state index in [0.29, 0.717) is 11.5 Å². The summed E-state index contributed by atoms with van der Waals surface area (Å²) in [5.74, 6) is -0.923. The predicted octanol–water partition coefficient (Wildman–Crippen LogP) is 7.02. The Morgan fingerprint density at radius 3 is 1.20 bits per heavy atom. The van der Waals surface area contributed by atoms with Crippen molar-refractivity contribution in [3.8, 4) is 23.0 Å². The van der Waals surface area contributed by atoms with Crippen molar-refractivity contribution < 1.29 is 33.3 Å². The third-order valence-corrected chi connectivity index (χ3v) is 8.49. The Labute approximate surface area is 319 Å². The van der Waals surface area contributed by atoms with E-state index in [9.17, 15) is 14.4 Å². The number of nitrogens with one attached hydrogen (secondary N) is 2. The van der Waals surface area contributed by atoms with E-state index >= 15 is 0 Å². The molecule has 0 fully saturated rings. The van der Waals surface area contributed by atoms with Gasteiger partial charge >= 0.3 is 0 Å². The molecule has 6 rings (SSSR count). The third kappa shape index (κ3) is 10.7. The Morgan fingerprint density at radius 2 is 0.818 bits per heavy atom. The largest absolute Gasteiger partial charge is 0.485 e. The van der Waals surface area contributed by atoms with Gasteiger partial charge in [0.05, 0.1) is 11.1 Å². The topological polar surface area (TPSA) is 138 Å². The Bertz CT molecular complexity index is 2170. The van der Waals surface area contributed by atoms with Gasteiger partial charge in [0.25, 0.3) is 11.8 Å². The third-order valence-electron chi connectivity index (χ3n) is 8.49. The second kappa shape index (κ2) is 19.1. The molecule has 0 saturated heterocycles. The van der Waals surface area contributed by atoms with Crippen LogP contribution in [0.5, 0.6) is 23.0 Å². The second-order valence-corrected chi connectivity index (χ2v) is 12.5. The first kappa shape index (κ1) is 37.7. The first-order valence-corrected chi connectivity index (χ1v) is 17.8. The Balaban J connectivity index is 1.18. The Morgan fingerprint density at radius 1 is 0.455 bits per heavy atom. The molecule has 0 heterocycles. The van der Waals surface area contributed by atoms with Crippen LogP contribution in [0.1, 0.15) is 43.0 Å². The second-order valence-electron chi connectivity index (χ2n) is 12.5. The summed E-state index contributed by atoms with van der Waals surface area (Å²) in [6, 6.07) is 46.9. The van der Waals surface area contributed by atoms with Gasteiger partial charge in [0.1, 0.15) is 32.5 Å². The van der Waals surface area contributed by atoms with E-state index in [-0.39, 0.29) is 55.6 Å². The number of nitrogens with two attached hydrogens (primary N) is 1. The molecule has 0 aliphatic heterocycles. The fourth-order valence-corrected chi connectivity index (χ4v) is 5.59. The maximum atomic E-state index is 13.8. The average molecular weight is 736 g/mol. The van der Waals surface area contributed by atoms with Gasteiger partial charge in [-0.3, -0.25) is 14.4 Å². The molecule has 10 nitrogen and oxygen atoms in total. The smallest absolute Gasteiger partial charge is 0.255 e. The molecule has 6 aromatic rings. The van der Waals surface area contributed by atoms with Gasteiger partial charge in [-0.15, -0.1) is 0 Å². The number of para-hydroxylation sites is 2. The van der Waals surface area contributed by atoms with E-state index in [1.54, 1.807) is 36.4 Å². The van der Waals surface area contributed by atoms with Crippen LogP contribution in [0.15, 0.2) is 158 Å². The summed E-state index contributed by atoms with van der Waals surface area (Å²) in [5, 5.41) is 5.41. The summed E-state index contributed by atoms with van der Waals surface area (Å²) in [5.41, 5.74) is 9.70. The number of hydrogen-bond acceptors (Lipinski definition) is 7. The van der Waals surface area contributed by atoms with Crippen molar-refractivity contribution in [2.75, 3.05) is 6.54 Å². The van der Waals surface area contributed by atoms with Gasteiger partial charge in [0.15, 0.2) is 23.0 Å². The minimum absolute atomic E-state index is 0.124. The van der Waals surface area contributed by atoms with Crippen molar-refractivity contribution in [3.63, 3.8) is 0 Å². The van der Waals surface area contributed by atoms with Crippen LogP contribution < -0.4 is 35.3 Å². The summed E-state index contributed by atoms with van der Waals surface area (Å²) < 4.78 is 24.6. The molecule has 278 valence electrons. The van der Waals surface area contributed by atoms with Gasteiger partial charge in [-0.25, -0.2) is 0 Å². The molecule has 0 radical (unpaired) electrons. The number of amides is 3. The summed E-state index contributed by atoms with van der Waals surface area (Å²) >= 11 is 0. The number of carbonyl (C=O) groups excluding carboxylic acids is 3. The lowest BCUT2D eigenvalue weighted by Gasteiger charge is -2.20. The monoisotopic (exact) mass is 735 g/mol. The number of benzene rings is 6. The number of rotatable bonds is 18. The molecular formula is C45H41N3O7. The van der Waals surface area contributed by atoms with Crippen molar-refractivity contribution in [3.05, 3.63) is 191 Å². The van der Waals surface area contributed by atoms with Crippen LogP contribution in [-0.2, 0) is 31.2 Å². The zero-order chi connectivity index (χ0) is 38.2. The predicted molar refractivity (Wildman–Crippen MR) is 209 cm³/mol. The molecule has 3 amide bonds. The van der Waals surface area contributed by atoms with Gasteiger partial charge in [0.2, 0.25) is 5.91 Å². The van der Waals surface area contributed by atoms with Crippen molar-refractivity contribution in [2.45, 2.75) is 32.5 Å². The molecule has 0 aliphatic rings. The molecule has 0 bridgehead atoms. The van der Waals surface area contributed by atoms with Gasteiger partial charge in [0, 0.05) is 6.54 Å². The lowest BCUT2D eigenvalue weighted by Crippen LogP contribution is -2.51. The molecule has 55 heavy (non-hydrogen) atoms. The van der Waals surface area contributed by atoms with Crippen molar-refractivity contribution in [1.82, 2.24) is 10.6 Å². The molecule has 10 heteroatoms. The summed E-state index contributed by atoms with van der Waals surface area (Å²) in [6.45, 7) is 0.510. The normalized spacial score (nSPS) is 11.1. The summed E-state index contributed by atoms with van der Waals surface area (Å²) in [4.78, 5) is 40.3. The zero-order valence-electron chi connectivity index (χ0n) is 30.1. The molecule has 1 atom stereocenters. The number of hydrogen-bond donors (Lipinski definition) is 3. The SMILES string of the molecule is NC(=O)[C@H](CNC(=O)c1cccc(OCc2ccccc2)c1OCc1ccccc1)NC(=O)c1cccc(OCc2ccccc2)c1OCc1ccccc1. The van der Waals surface area contributed by atoms with Crippen molar-refractivity contribution in [2.24, 2.45) is 5.73 Å². The number of primary amides is 1. The fourth-order valence-electron chi connectivity index (χ4n) is 5.59. The molecule has 0 spiro atoms. The van der Waals surface area contributed by atoms with Gasteiger partial charge in [-0.2, -0.15) is 0 Å². The van der Waals surface area contributed by atoms with Crippen LogP contribution >= 0.6 is 0 Å². The Hall–Kier alpha value is -7.07. The Kier molecular flexibility index (Phi) is 13.1. The summed E-state index contributed by atoms with van der Waals surface area (Å²) in [6.07, 6.45) is 0. The van der Waals surface area contributed by atoms with E-state index in [0.717, 1.165) is 22.3 Å². The zero-order valence-corrected chi connectivity index (χ0v) is 30.1. The van der Waals surface area contributed by atoms with Crippen LogP contribution in [0.3, 0.4) is 0 Å². The maximum Gasteiger partial charge on any atom is 0.255 e. The molecule has 0 saturated carbocycles. The van der Waals surface area contributed by atoms with Crippen LogP contribution in [0.25, 0.3) is 0 Å². The van der Waals surface area contributed by atoms with E-state index in [4.69, 9.17) is 24.7 Å². The highest BCUT2D eigenvalue weighted by Gasteiger charge is 2.25. The fraction of sp³-hybridized carbons (Fsp3) is 0.133. The van der Waals surface area contributed by atoms with Crippen molar-refractivity contribution in [1.29, 1.82) is 0 Å². The lowest BCUT2D eigenvalue weighted by molar-refractivity contribution is -0.119. The highest BCUT2D eigenvalue weighted by Crippen LogP contribution is 2.34. The van der Waals surface area contributed by atoms with Gasteiger partial charge in [-0.1, -0.05) is 133 Å². The van der Waals surface area contributed by atoms with E-state index in [1.807, 2.05) is 121 Å². The maximum absolute atomic E-state index is 13.8. The van der Waals surface area contributed by atoms with Gasteiger partial charge < -0.3 is 35.3 Å². The molecule has 6 aromatic carbocycles. The van der Waals surface area contributed by atoms with Crippen LogP contribution in [0, 0.1) is 0 Å². The van der Waals surface area contributed by atoms with Gasteiger partial charge in [-0.05, 0) is 46.5 Å². The minimum Gasteiger partial charge on any atom is -0.485 e. The van der Waals surface area contributed by atoms with E-state index in [1.165, 1.54) is 0 Å². The highest BCUT2D eigenvalue weighted by atomic mass is 16.5. The van der Waals surface area contributed by atoms with Crippen LogP contribution in [-0.4, -0.2) is 30.3 Å². The first-order valence-electron chi connectivity index (χ1n) is 17.8. The lowest BCUT2D eigenvalue weighted by atomic mass is 10.1. The van der Waals surface area contributed by atoms with Crippen LogP contribution in [0.2, 0.25) is 0 Å². The molecule has 4 N–H and O–H groups in total. The summed E-state index contributed by atoms with van der Waals surface area (Å²) in [7, 11) is 0. The standard InChI is InChI=1S/C45H41N3O7/c46-43(49)38(48-45(51)37-24-14-26-40(53-29-33-17-7-2-8-18-33)42(37)55-31-35-21-11-4-12-22-35)27-47-44(50)36-23-13-25-39(52-28-32-15-5-1-6-16-32)41(36)54-30-34-19-9-3-10-20-34/h1-26,38H,27-31H2,(H2,46,49)(H,47,50)(H,48,51)/t38-/m0/s1. The van der Waals surface area contributed by atoms with Crippen LogP contribution in [0.4, 0.5) is 0 Å².